The molecule has 104 valence electrons. The van der Waals surface area contributed by atoms with Crippen LogP contribution in [0.2, 0.25) is 0 Å². The maximum atomic E-state index is 12.5. The van der Waals surface area contributed by atoms with Crippen molar-refractivity contribution in [2.24, 2.45) is 0 Å². The van der Waals surface area contributed by atoms with Gasteiger partial charge in [0.15, 0.2) is 4.77 Å². The van der Waals surface area contributed by atoms with E-state index in [0.29, 0.717) is 16.5 Å². The molecule has 0 bridgehead atoms. The molecule has 0 atom stereocenters. The fraction of sp³-hybridized carbons (Fsp3) is 0. The highest BCUT2D eigenvalue weighted by Gasteiger charge is 2.14. The Morgan fingerprint density at radius 2 is 1.76 bits per heavy atom. The lowest BCUT2D eigenvalue weighted by Crippen LogP contribution is -2.29. The minimum Gasteiger partial charge on any atom is -0.331 e. The fourth-order valence-electron chi connectivity index (χ4n) is 2.07. The van der Waals surface area contributed by atoms with Crippen molar-refractivity contribution in [1.82, 2.24) is 9.55 Å². The Hall–Kier alpha value is -1.80. The first-order valence-corrected chi connectivity index (χ1v) is 7.61. The van der Waals surface area contributed by atoms with Crippen LogP contribution < -0.4 is 5.56 Å². The standard InChI is InChI=1S/C15H9IN2O2S/c16-10-7-5-9(6-8-10)13(19)18-14(20)11-3-1-2-4-12(11)17-15(18)21/h1-8H,(H,17,21). The van der Waals surface area contributed by atoms with Crippen LogP contribution >= 0.6 is 34.8 Å². The molecular weight excluding hydrogens is 399 g/mol. The largest absolute Gasteiger partial charge is 0.331 e. The number of fused-ring (bicyclic) bond motifs is 1. The molecule has 3 rings (SSSR count). The number of nitrogens with zero attached hydrogens (tertiary/aromatic N) is 1. The Kier molecular flexibility index (Phi) is 3.73. The summed E-state index contributed by atoms with van der Waals surface area (Å²) in [6, 6.07) is 14.0. The van der Waals surface area contributed by atoms with Crippen LogP contribution in [-0.4, -0.2) is 15.5 Å². The van der Waals surface area contributed by atoms with Crippen LogP contribution in [0.15, 0.2) is 53.3 Å². The van der Waals surface area contributed by atoms with Gasteiger partial charge in [-0.05, 0) is 71.2 Å². The number of rotatable bonds is 1. The predicted molar refractivity (Wildman–Crippen MR) is 92.3 cm³/mol. The Labute approximate surface area is 138 Å². The molecule has 21 heavy (non-hydrogen) atoms. The fourth-order valence-corrected chi connectivity index (χ4v) is 2.70. The van der Waals surface area contributed by atoms with Gasteiger partial charge in [0.25, 0.3) is 11.5 Å². The van der Waals surface area contributed by atoms with Crippen molar-refractivity contribution < 1.29 is 4.79 Å². The number of carbonyl (C=O) groups excluding carboxylic acids is 1. The van der Waals surface area contributed by atoms with Gasteiger partial charge in [-0.3, -0.25) is 9.59 Å². The second-order valence-corrected chi connectivity index (χ2v) is 6.06. The Bertz CT molecular complexity index is 958. The van der Waals surface area contributed by atoms with Gasteiger partial charge in [-0.25, -0.2) is 4.57 Å². The molecule has 1 N–H and O–H groups in total. The zero-order valence-corrected chi connectivity index (χ0v) is 13.6. The molecule has 1 heterocycles. The summed E-state index contributed by atoms with van der Waals surface area (Å²) in [5.74, 6) is -0.427. The molecule has 0 fully saturated rings. The van der Waals surface area contributed by atoms with Gasteiger partial charge in [-0.1, -0.05) is 12.1 Å². The number of aromatic amines is 1. The van der Waals surface area contributed by atoms with E-state index in [-0.39, 0.29) is 4.77 Å². The van der Waals surface area contributed by atoms with E-state index in [4.69, 9.17) is 12.2 Å². The number of hydrogen-bond acceptors (Lipinski definition) is 3. The number of aromatic nitrogens is 2. The van der Waals surface area contributed by atoms with Crippen LogP contribution in [0.1, 0.15) is 10.4 Å². The summed E-state index contributed by atoms with van der Waals surface area (Å²) in [6.07, 6.45) is 0. The van der Waals surface area contributed by atoms with Crippen LogP contribution in [0.5, 0.6) is 0 Å². The van der Waals surface area contributed by atoms with Crippen molar-refractivity contribution in [2.75, 3.05) is 0 Å². The van der Waals surface area contributed by atoms with Gasteiger partial charge in [0.1, 0.15) is 0 Å². The molecule has 4 nitrogen and oxygen atoms in total. The van der Waals surface area contributed by atoms with Crippen LogP contribution in [0.3, 0.4) is 0 Å². The van der Waals surface area contributed by atoms with Crippen molar-refractivity contribution in [3.8, 4) is 0 Å². The third-order valence-electron chi connectivity index (χ3n) is 3.10. The maximum Gasteiger partial charge on any atom is 0.269 e. The molecule has 0 aliphatic carbocycles. The molecule has 0 saturated carbocycles. The Morgan fingerprint density at radius 3 is 2.48 bits per heavy atom. The van der Waals surface area contributed by atoms with Crippen LogP contribution in [0, 0.1) is 8.34 Å². The number of hydrogen-bond donors (Lipinski definition) is 1. The lowest BCUT2D eigenvalue weighted by molar-refractivity contribution is 0.0953. The first-order valence-electron chi connectivity index (χ1n) is 6.12. The highest BCUT2D eigenvalue weighted by molar-refractivity contribution is 14.1. The summed E-state index contributed by atoms with van der Waals surface area (Å²) >= 11 is 7.31. The number of nitrogens with one attached hydrogen (secondary N) is 1. The van der Waals surface area contributed by atoms with Gasteiger partial charge in [0.05, 0.1) is 10.9 Å². The van der Waals surface area contributed by atoms with Crippen LogP contribution in [0.4, 0.5) is 0 Å². The molecule has 1 aromatic heterocycles. The van der Waals surface area contributed by atoms with E-state index in [2.05, 4.69) is 27.6 Å². The normalized spacial score (nSPS) is 10.7. The first kappa shape index (κ1) is 14.2. The molecule has 2 aromatic carbocycles. The summed E-state index contributed by atoms with van der Waals surface area (Å²) < 4.78 is 2.11. The molecule has 0 aliphatic heterocycles. The number of carbonyl (C=O) groups is 1. The molecule has 0 radical (unpaired) electrons. The first-order chi connectivity index (χ1) is 10.1. The third kappa shape index (κ3) is 2.56. The Balaban J connectivity index is 2.25. The average Bonchev–Trinajstić information content (AvgIpc) is 2.48. The second kappa shape index (κ2) is 5.53. The summed E-state index contributed by atoms with van der Waals surface area (Å²) in [6.45, 7) is 0. The average molecular weight is 408 g/mol. The van der Waals surface area contributed by atoms with E-state index in [1.54, 1.807) is 36.4 Å². The summed E-state index contributed by atoms with van der Waals surface area (Å²) in [5.41, 5.74) is 0.643. The van der Waals surface area contributed by atoms with Crippen molar-refractivity contribution in [2.45, 2.75) is 0 Å². The van der Waals surface area contributed by atoms with Gasteiger partial charge in [0.2, 0.25) is 0 Å². The SMILES string of the molecule is O=C(c1ccc(I)cc1)n1c(=S)[nH]c2ccccc2c1=O. The van der Waals surface area contributed by atoms with E-state index in [0.717, 1.165) is 8.14 Å². The van der Waals surface area contributed by atoms with Gasteiger partial charge >= 0.3 is 0 Å². The predicted octanol–water partition coefficient (Wildman–Crippen LogP) is 3.35. The molecule has 0 unspecified atom stereocenters. The molecular formula is C15H9IN2O2S. The highest BCUT2D eigenvalue weighted by Crippen LogP contribution is 2.10. The summed E-state index contributed by atoms with van der Waals surface area (Å²) in [4.78, 5) is 27.9. The van der Waals surface area contributed by atoms with E-state index in [9.17, 15) is 9.59 Å². The minimum absolute atomic E-state index is 0.0993. The van der Waals surface area contributed by atoms with Gasteiger partial charge in [-0.15, -0.1) is 0 Å². The topological polar surface area (TPSA) is 54.9 Å². The minimum atomic E-state index is -0.427. The van der Waals surface area contributed by atoms with Crippen molar-refractivity contribution >= 4 is 51.6 Å². The molecule has 0 spiro atoms. The van der Waals surface area contributed by atoms with Crippen molar-refractivity contribution in [3.05, 3.63) is 72.8 Å². The highest BCUT2D eigenvalue weighted by atomic mass is 127. The lowest BCUT2D eigenvalue weighted by Gasteiger charge is -2.07. The van der Waals surface area contributed by atoms with Crippen molar-refractivity contribution in [3.63, 3.8) is 0 Å². The zero-order valence-electron chi connectivity index (χ0n) is 10.7. The molecule has 6 heteroatoms. The summed E-state index contributed by atoms with van der Waals surface area (Å²) in [5, 5.41) is 0.435. The lowest BCUT2D eigenvalue weighted by atomic mass is 10.2. The van der Waals surface area contributed by atoms with Gasteiger partial charge in [0, 0.05) is 9.13 Å². The third-order valence-corrected chi connectivity index (χ3v) is 4.10. The number of para-hydroxylation sites is 1. The molecule has 0 amide bonds. The van der Waals surface area contributed by atoms with Crippen molar-refractivity contribution in [1.29, 1.82) is 0 Å². The maximum absolute atomic E-state index is 12.5. The number of H-pyrrole nitrogens is 1. The monoisotopic (exact) mass is 408 g/mol. The van der Waals surface area contributed by atoms with E-state index in [1.807, 2.05) is 12.1 Å². The van der Waals surface area contributed by atoms with Crippen LogP contribution in [-0.2, 0) is 0 Å². The number of benzene rings is 2. The van der Waals surface area contributed by atoms with E-state index < -0.39 is 11.5 Å². The molecule has 0 saturated heterocycles. The van der Waals surface area contributed by atoms with Gasteiger partial charge < -0.3 is 4.98 Å². The van der Waals surface area contributed by atoms with Gasteiger partial charge in [-0.2, -0.15) is 0 Å². The van der Waals surface area contributed by atoms with E-state index >= 15 is 0 Å². The molecule has 0 aliphatic rings. The second-order valence-electron chi connectivity index (χ2n) is 4.43. The quantitative estimate of drug-likeness (QED) is 0.497. The molecule has 3 aromatic rings. The zero-order chi connectivity index (χ0) is 15.0. The Morgan fingerprint density at radius 1 is 1.10 bits per heavy atom. The van der Waals surface area contributed by atoms with E-state index in [1.165, 1.54) is 0 Å². The number of halogens is 1. The smallest absolute Gasteiger partial charge is 0.269 e. The summed E-state index contributed by atoms with van der Waals surface area (Å²) in [7, 11) is 0. The van der Waals surface area contributed by atoms with Crippen LogP contribution in [0.25, 0.3) is 10.9 Å².